The van der Waals surface area contributed by atoms with E-state index >= 15 is 0 Å². The Morgan fingerprint density at radius 3 is 3.00 bits per heavy atom. The summed E-state index contributed by atoms with van der Waals surface area (Å²) in [5.41, 5.74) is 1.40. The SMILES string of the molecule is C=CC([S])C1=CCCC1. The third kappa shape index (κ3) is 1.62. The number of hydrogen-bond acceptors (Lipinski definition) is 0. The molecule has 9 heavy (non-hydrogen) atoms. The smallest absolute Gasteiger partial charge is 0.0538 e. The molecule has 0 aromatic rings. The van der Waals surface area contributed by atoms with E-state index in [0.29, 0.717) is 0 Å². The van der Waals surface area contributed by atoms with Crippen LogP contribution in [-0.4, -0.2) is 5.25 Å². The van der Waals surface area contributed by atoms with Gasteiger partial charge in [-0.1, -0.05) is 30.4 Å². The molecule has 0 aliphatic heterocycles. The normalized spacial score (nSPS) is 21.2. The van der Waals surface area contributed by atoms with E-state index in [4.69, 9.17) is 12.6 Å². The monoisotopic (exact) mass is 139 g/mol. The molecule has 1 aliphatic carbocycles. The first-order valence-corrected chi connectivity index (χ1v) is 3.79. The Balaban J connectivity index is 2.50. The van der Waals surface area contributed by atoms with Crippen LogP contribution in [0.4, 0.5) is 0 Å². The van der Waals surface area contributed by atoms with Crippen molar-refractivity contribution >= 4 is 12.6 Å². The van der Waals surface area contributed by atoms with Crippen molar-refractivity contribution in [2.45, 2.75) is 24.5 Å². The molecule has 0 aromatic carbocycles. The Morgan fingerprint density at radius 2 is 2.56 bits per heavy atom. The van der Waals surface area contributed by atoms with Crippen LogP contribution in [0.15, 0.2) is 24.3 Å². The molecule has 0 spiro atoms. The molecule has 1 heteroatoms. The zero-order valence-corrected chi connectivity index (χ0v) is 6.29. The molecule has 1 rings (SSSR count). The molecule has 0 nitrogen and oxygen atoms in total. The summed E-state index contributed by atoms with van der Waals surface area (Å²) in [6, 6.07) is 0. The van der Waals surface area contributed by atoms with E-state index in [2.05, 4.69) is 12.7 Å². The van der Waals surface area contributed by atoms with Crippen LogP contribution in [0.25, 0.3) is 0 Å². The van der Waals surface area contributed by atoms with Gasteiger partial charge in [0.2, 0.25) is 0 Å². The highest BCUT2D eigenvalue weighted by molar-refractivity contribution is 7.81. The molecule has 49 valence electrons. The van der Waals surface area contributed by atoms with Crippen molar-refractivity contribution in [3.05, 3.63) is 24.3 Å². The Hall–Kier alpha value is -0.170. The van der Waals surface area contributed by atoms with Crippen LogP contribution in [0, 0.1) is 0 Å². The molecular formula is C8H11S. The fourth-order valence-corrected chi connectivity index (χ4v) is 1.32. The van der Waals surface area contributed by atoms with Crippen molar-refractivity contribution in [1.29, 1.82) is 0 Å². The standard InChI is InChI=1S/C8H11S/c1-2-8(9)7-5-3-4-6-7/h2,5,8H,1,3-4,6H2. The number of rotatable bonds is 2. The number of hydrogen-bond donors (Lipinski definition) is 0. The summed E-state index contributed by atoms with van der Waals surface area (Å²) in [4.78, 5) is 0. The predicted octanol–water partition coefficient (Wildman–Crippen LogP) is 2.85. The summed E-state index contributed by atoms with van der Waals surface area (Å²) in [5, 5.41) is 0.201. The van der Waals surface area contributed by atoms with E-state index in [1.54, 1.807) is 0 Å². The third-order valence-corrected chi connectivity index (χ3v) is 2.15. The van der Waals surface area contributed by atoms with Gasteiger partial charge < -0.3 is 0 Å². The molecule has 0 heterocycles. The highest BCUT2D eigenvalue weighted by atomic mass is 32.1. The third-order valence-electron chi connectivity index (χ3n) is 1.66. The lowest BCUT2D eigenvalue weighted by Crippen LogP contribution is -1.94. The van der Waals surface area contributed by atoms with Crippen LogP contribution in [0.2, 0.25) is 0 Å². The summed E-state index contributed by atoms with van der Waals surface area (Å²) in [5.74, 6) is 0. The molecule has 0 fully saturated rings. The molecule has 0 amide bonds. The Labute approximate surface area is 62.1 Å². The second-order valence-electron chi connectivity index (χ2n) is 2.33. The fourth-order valence-electron chi connectivity index (χ4n) is 1.11. The Morgan fingerprint density at radius 1 is 1.78 bits per heavy atom. The van der Waals surface area contributed by atoms with Gasteiger partial charge in [-0.2, -0.15) is 0 Å². The minimum Gasteiger partial charge on any atom is -0.102 e. The van der Waals surface area contributed by atoms with Gasteiger partial charge >= 0.3 is 0 Å². The summed E-state index contributed by atoms with van der Waals surface area (Å²) in [6.07, 6.45) is 7.79. The van der Waals surface area contributed by atoms with E-state index in [1.807, 2.05) is 6.08 Å². The summed E-state index contributed by atoms with van der Waals surface area (Å²) in [7, 11) is 0. The topological polar surface area (TPSA) is 0 Å². The molecular weight excluding hydrogens is 128 g/mol. The lowest BCUT2D eigenvalue weighted by atomic mass is 10.1. The highest BCUT2D eigenvalue weighted by Gasteiger charge is 2.09. The molecule has 1 aliphatic rings. The maximum Gasteiger partial charge on any atom is 0.0538 e. The zero-order chi connectivity index (χ0) is 6.69. The van der Waals surface area contributed by atoms with E-state index < -0.39 is 0 Å². The maximum absolute atomic E-state index is 5.11. The summed E-state index contributed by atoms with van der Waals surface area (Å²) >= 11 is 5.11. The van der Waals surface area contributed by atoms with Gasteiger partial charge in [-0.15, -0.1) is 6.58 Å². The van der Waals surface area contributed by atoms with Crippen molar-refractivity contribution in [3.63, 3.8) is 0 Å². The fraction of sp³-hybridized carbons (Fsp3) is 0.500. The van der Waals surface area contributed by atoms with Gasteiger partial charge in [0.25, 0.3) is 0 Å². The van der Waals surface area contributed by atoms with Gasteiger partial charge in [-0.3, -0.25) is 0 Å². The Bertz CT molecular complexity index is 136. The van der Waals surface area contributed by atoms with Crippen LogP contribution >= 0.6 is 12.6 Å². The molecule has 0 aromatic heterocycles. The minimum atomic E-state index is 0.201. The van der Waals surface area contributed by atoms with Crippen LogP contribution in [-0.2, 0) is 0 Å². The summed E-state index contributed by atoms with van der Waals surface area (Å²) in [6.45, 7) is 3.66. The van der Waals surface area contributed by atoms with E-state index in [-0.39, 0.29) is 5.25 Å². The largest absolute Gasteiger partial charge is 0.102 e. The first kappa shape index (κ1) is 6.94. The van der Waals surface area contributed by atoms with Crippen molar-refractivity contribution in [3.8, 4) is 0 Å². The first-order chi connectivity index (χ1) is 4.34. The van der Waals surface area contributed by atoms with Crippen LogP contribution in [0.1, 0.15) is 19.3 Å². The van der Waals surface area contributed by atoms with Gasteiger partial charge in [0.1, 0.15) is 0 Å². The molecule has 1 radical (unpaired) electrons. The van der Waals surface area contributed by atoms with Gasteiger partial charge in [0, 0.05) is 0 Å². The van der Waals surface area contributed by atoms with E-state index in [9.17, 15) is 0 Å². The average molecular weight is 139 g/mol. The van der Waals surface area contributed by atoms with Gasteiger partial charge in [-0.25, -0.2) is 0 Å². The summed E-state index contributed by atoms with van der Waals surface area (Å²) < 4.78 is 0. The van der Waals surface area contributed by atoms with E-state index in [1.165, 1.54) is 24.8 Å². The van der Waals surface area contributed by atoms with E-state index in [0.717, 1.165) is 0 Å². The first-order valence-electron chi connectivity index (χ1n) is 3.32. The van der Waals surface area contributed by atoms with Crippen molar-refractivity contribution < 1.29 is 0 Å². The quantitative estimate of drug-likeness (QED) is 0.516. The van der Waals surface area contributed by atoms with Crippen LogP contribution in [0.5, 0.6) is 0 Å². The second kappa shape index (κ2) is 3.11. The molecule has 1 atom stereocenters. The number of allylic oxidation sites excluding steroid dienone is 1. The maximum atomic E-state index is 5.11. The molecule has 0 saturated heterocycles. The lowest BCUT2D eigenvalue weighted by molar-refractivity contribution is 0.897. The average Bonchev–Trinajstić information content (AvgIpc) is 2.37. The molecule has 1 unspecified atom stereocenters. The highest BCUT2D eigenvalue weighted by Crippen LogP contribution is 2.23. The van der Waals surface area contributed by atoms with Gasteiger partial charge in [-0.05, 0) is 19.3 Å². The van der Waals surface area contributed by atoms with Crippen LogP contribution < -0.4 is 0 Å². The van der Waals surface area contributed by atoms with Crippen molar-refractivity contribution in [1.82, 2.24) is 0 Å². The predicted molar refractivity (Wildman–Crippen MR) is 43.5 cm³/mol. The van der Waals surface area contributed by atoms with Crippen molar-refractivity contribution in [2.75, 3.05) is 0 Å². The van der Waals surface area contributed by atoms with Crippen LogP contribution in [0.3, 0.4) is 0 Å². The molecule has 0 N–H and O–H groups in total. The Kier molecular flexibility index (Phi) is 2.40. The molecule has 0 bridgehead atoms. The molecule has 0 saturated carbocycles. The van der Waals surface area contributed by atoms with Crippen molar-refractivity contribution in [2.24, 2.45) is 0 Å². The van der Waals surface area contributed by atoms with Gasteiger partial charge in [0.15, 0.2) is 0 Å². The zero-order valence-electron chi connectivity index (χ0n) is 5.47. The second-order valence-corrected chi connectivity index (χ2v) is 2.84. The lowest BCUT2D eigenvalue weighted by Gasteiger charge is -2.02. The minimum absolute atomic E-state index is 0.201. The van der Waals surface area contributed by atoms with Gasteiger partial charge in [0.05, 0.1) is 5.25 Å².